The number of hydrogen-bond acceptors (Lipinski definition) is 5. The van der Waals surface area contributed by atoms with Crippen molar-refractivity contribution in [3.8, 4) is 0 Å². The summed E-state index contributed by atoms with van der Waals surface area (Å²) in [5, 5.41) is 6.46. The predicted octanol–water partition coefficient (Wildman–Crippen LogP) is 2.01. The first-order valence-electron chi connectivity index (χ1n) is 10.1. The summed E-state index contributed by atoms with van der Waals surface area (Å²) in [5.41, 5.74) is -0.494. The molecule has 0 aromatic rings. The Hall–Kier alpha value is -1.51. The van der Waals surface area contributed by atoms with Crippen LogP contribution < -0.4 is 10.6 Å². The van der Waals surface area contributed by atoms with Gasteiger partial charge in [-0.05, 0) is 59.8 Å². The number of sulfone groups is 1. The molecule has 28 heavy (non-hydrogen) atoms. The second-order valence-electron chi connectivity index (χ2n) is 8.62. The van der Waals surface area contributed by atoms with Crippen LogP contribution in [-0.2, 0) is 14.6 Å². The molecule has 1 fully saturated rings. The van der Waals surface area contributed by atoms with Crippen LogP contribution in [0.25, 0.3) is 0 Å². The lowest BCUT2D eigenvalue weighted by molar-refractivity contribution is 0.0170. The Morgan fingerprint density at radius 1 is 1.36 bits per heavy atom. The van der Waals surface area contributed by atoms with Crippen molar-refractivity contribution in [2.75, 3.05) is 38.2 Å². The highest BCUT2D eigenvalue weighted by molar-refractivity contribution is 7.90. The highest BCUT2D eigenvalue weighted by atomic mass is 32.2. The van der Waals surface area contributed by atoms with Crippen LogP contribution in [-0.4, -0.2) is 75.2 Å². The third kappa shape index (κ3) is 10.7. The van der Waals surface area contributed by atoms with Crippen molar-refractivity contribution in [3.05, 3.63) is 0 Å². The molecule has 2 atom stereocenters. The molecule has 0 radical (unpaired) electrons. The van der Waals surface area contributed by atoms with Crippen molar-refractivity contribution in [3.63, 3.8) is 0 Å². The molecular weight excluding hydrogens is 380 g/mol. The zero-order chi connectivity index (χ0) is 21.4. The van der Waals surface area contributed by atoms with Gasteiger partial charge < -0.3 is 20.3 Å². The van der Waals surface area contributed by atoms with Gasteiger partial charge in [0.1, 0.15) is 15.4 Å². The number of carbonyl (C=O) groups excluding carboxylic acids is 1. The average molecular weight is 419 g/mol. The van der Waals surface area contributed by atoms with Gasteiger partial charge in [0.2, 0.25) is 0 Å². The monoisotopic (exact) mass is 418 g/mol. The summed E-state index contributed by atoms with van der Waals surface area (Å²) < 4.78 is 28.1. The number of aliphatic imine (C=N–C) groups is 1. The first-order valence-corrected chi connectivity index (χ1v) is 12.2. The van der Waals surface area contributed by atoms with Crippen molar-refractivity contribution in [1.82, 2.24) is 15.5 Å². The number of rotatable bonds is 7. The van der Waals surface area contributed by atoms with Gasteiger partial charge in [0.25, 0.3) is 0 Å². The van der Waals surface area contributed by atoms with Crippen LogP contribution in [0.1, 0.15) is 53.9 Å². The highest BCUT2D eigenvalue weighted by Crippen LogP contribution is 2.19. The number of ether oxygens (including phenoxy) is 1. The Morgan fingerprint density at radius 2 is 2.04 bits per heavy atom. The Bertz CT molecular complexity index is 628. The minimum atomic E-state index is -2.97. The highest BCUT2D eigenvalue weighted by Gasteiger charge is 2.27. The molecule has 0 saturated carbocycles. The fourth-order valence-electron chi connectivity index (χ4n) is 2.94. The van der Waals surface area contributed by atoms with E-state index in [2.05, 4.69) is 15.6 Å². The number of amides is 1. The van der Waals surface area contributed by atoms with E-state index < -0.39 is 15.4 Å². The van der Waals surface area contributed by atoms with E-state index in [1.807, 2.05) is 34.6 Å². The molecule has 1 saturated heterocycles. The van der Waals surface area contributed by atoms with Crippen molar-refractivity contribution in [2.24, 2.45) is 10.9 Å². The van der Waals surface area contributed by atoms with Gasteiger partial charge in [-0.25, -0.2) is 13.2 Å². The number of nitrogens with zero attached hydrogens (tertiary/aromatic N) is 2. The van der Waals surface area contributed by atoms with Crippen LogP contribution in [0.5, 0.6) is 0 Å². The van der Waals surface area contributed by atoms with Crippen LogP contribution in [0.3, 0.4) is 0 Å². The average Bonchev–Trinajstić information content (AvgIpc) is 2.56. The van der Waals surface area contributed by atoms with Crippen LogP contribution in [0.15, 0.2) is 4.99 Å². The minimum absolute atomic E-state index is 0.00265. The molecule has 0 aromatic carbocycles. The molecule has 164 valence electrons. The summed E-state index contributed by atoms with van der Waals surface area (Å²) >= 11 is 0. The van der Waals surface area contributed by atoms with Crippen molar-refractivity contribution < 1.29 is 17.9 Å². The standard InChI is InChI=1S/C19H38N4O4S/c1-7-20-17(22-15(2)10-12-28(6,25)26)21-13-16-9-8-11-23(14-16)18(24)27-19(3,4)5/h15-16H,7-14H2,1-6H3,(H2,20,21,22). The van der Waals surface area contributed by atoms with Gasteiger partial charge in [0.15, 0.2) is 5.96 Å². The molecule has 0 bridgehead atoms. The maximum atomic E-state index is 12.3. The largest absolute Gasteiger partial charge is 0.444 e. The maximum absolute atomic E-state index is 12.3. The van der Waals surface area contributed by atoms with E-state index in [9.17, 15) is 13.2 Å². The van der Waals surface area contributed by atoms with Gasteiger partial charge in [-0.2, -0.15) is 0 Å². The number of nitrogens with one attached hydrogen (secondary N) is 2. The minimum Gasteiger partial charge on any atom is -0.444 e. The predicted molar refractivity (Wildman–Crippen MR) is 113 cm³/mol. The Kier molecular flexibility index (Phi) is 9.53. The van der Waals surface area contributed by atoms with Crippen LogP contribution >= 0.6 is 0 Å². The smallest absolute Gasteiger partial charge is 0.410 e. The van der Waals surface area contributed by atoms with Crippen LogP contribution in [0.2, 0.25) is 0 Å². The first-order chi connectivity index (χ1) is 12.9. The quantitative estimate of drug-likeness (QED) is 0.485. The molecule has 2 N–H and O–H groups in total. The van der Waals surface area contributed by atoms with E-state index in [4.69, 9.17) is 4.74 Å². The molecule has 1 aliphatic rings. The summed E-state index contributed by atoms with van der Waals surface area (Å²) in [6.45, 7) is 12.2. The van der Waals surface area contributed by atoms with Gasteiger partial charge in [0.05, 0.1) is 5.75 Å². The number of piperidine rings is 1. The summed E-state index contributed by atoms with van der Waals surface area (Å²) in [7, 11) is -2.97. The number of likely N-dealkylation sites (tertiary alicyclic amines) is 1. The van der Waals surface area contributed by atoms with E-state index in [0.29, 0.717) is 25.5 Å². The summed E-state index contributed by atoms with van der Waals surface area (Å²) in [4.78, 5) is 18.7. The van der Waals surface area contributed by atoms with E-state index in [1.165, 1.54) is 6.26 Å². The molecule has 1 rings (SSSR count). The molecule has 2 unspecified atom stereocenters. The van der Waals surface area contributed by atoms with Gasteiger partial charge in [-0.15, -0.1) is 0 Å². The van der Waals surface area contributed by atoms with E-state index in [0.717, 1.165) is 25.9 Å². The number of carbonyl (C=O) groups is 1. The SMILES string of the molecule is CCNC(=NCC1CCCN(C(=O)OC(C)(C)C)C1)NC(C)CCS(C)(=O)=O. The molecular formula is C19H38N4O4S. The second kappa shape index (κ2) is 10.9. The van der Waals surface area contributed by atoms with Crippen LogP contribution in [0.4, 0.5) is 4.79 Å². The first kappa shape index (κ1) is 24.5. The molecule has 1 amide bonds. The Balaban J connectivity index is 2.59. The Morgan fingerprint density at radius 3 is 2.61 bits per heavy atom. The Labute approximate surface area is 170 Å². The molecule has 1 aliphatic heterocycles. The second-order valence-corrected chi connectivity index (χ2v) is 10.9. The normalized spacial score (nSPS) is 19.9. The fourth-order valence-corrected chi connectivity index (χ4v) is 3.72. The zero-order valence-corrected chi connectivity index (χ0v) is 19.1. The van der Waals surface area contributed by atoms with Crippen molar-refractivity contribution in [1.29, 1.82) is 0 Å². The number of hydrogen-bond donors (Lipinski definition) is 2. The lowest BCUT2D eigenvalue weighted by atomic mass is 9.98. The summed E-state index contributed by atoms with van der Waals surface area (Å²) in [6.07, 6.45) is 3.47. The molecule has 0 spiro atoms. The zero-order valence-electron chi connectivity index (χ0n) is 18.2. The molecule has 8 nitrogen and oxygen atoms in total. The summed E-state index contributed by atoms with van der Waals surface area (Å²) in [5.74, 6) is 1.11. The van der Waals surface area contributed by atoms with Crippen LogP contribution in [0, 0.1) is 5.92 Å². The van der Waals surface area contributed by atoms with Crippen molar-refractivity contribution in [2.45, 2.75) is 65.5 Å². The third-order valence-electron chi connectivity index (χ3n) is 4.33. The molecule has 0 aliphatic carbocycles. The van der Waals surface area contributed by atoms with Gasteiger partial charge in [0, 0.05) is 38.5 Å². The lowest BCUT2D eigenvalue weighted by Gasteiger charge is -2.33. The topological polar surface area (TPSA) is 100 Å². The number of guanidine groups is 1. The maximum Gasteiger partial charge on any atom is 0.410 e. The van der Waals surface area contributed by atoms with E-state index >= 15 is 0 Å². The van der Waals surface area contributed by atoms with Gasteiger partial charge in [-0.3, -0.25) is 4.99 Å². The molecule has 9 heteroatoms. The van der Waals surface area contributed by atoms with Gasteiger partial charge in [-0.1, -0.05) is 0 Å². The van der Waals surface area contributed by atoms with Gasteiger partial charge >= 0.3 is 6.09 Å². The van der Waals surface area contributed by atoms with E-state index in [-0.39, 0.29) is 23.8 Å². The fraction of sp³-hybridized carbons (Fsp3) is 0.895. The molecule has 1 heterocycles. The third-order valence-corrected chi connectivity index (χ3v) is 5.30. The summed E-state index contributed by atoms with van der Waals surface area (Å²) in [6, 6.07) is -0.00265. The lowest BCUT2D eigenvalue weighted by Crippen LogP contribution is -2.45. The molecule has 0 aromatic heterocycles. The van der Waals surface area contributed by atoms with Crippen molar-refractivity contribution >= 4 is 21.9 Å². The van der Waals surface area contributed by atoms with E-state index in [1.54, 1.807) is 4.90 Å².